The molecule has 3 aromatic rings. The zero-order valence-corrected chi connectivity index (χ0v) is 15.7. The Balaban J connectivity index is 1.69. The number of likely N-dealkylation sites (tertiary alicyclic amines) is 1. The summed E-state index contributed by atoms with van der Waals surface area (Å²) in [4.78, 5) is 31.1. The number of hydrogen-bond donors (Lipinski definition) is 0. The average molecular weight is 384 g/mol. The lowest BCUT2D eigenvalue weighted by Crippen LogP contribution is -2.34. The van der Waals surface area contributed by atoms with Gasteiger partial charge in [-0.1, -0.05) is 5.21 Å². The minimum absolute atomic E-state index is 0.0506. The quantitative estimate of drug-likeness (QED) is 0.635. The van der Waals surface area contributed by atoms with Crippen LogP contribution in [-0.2, 0) is 11.3 Å². The first-order chi connectivity index (χ1) is 13.6. The SMILES string of the molecule is COc1ccc(-n2nnc3c(=O)n(CC(=O)N4CCCC4)cnc32)cc1OC. The molecule has 3 heterocycles. The number of rotatable bonds is 5. The summed E-state index contributed by atoms with van der Waals surface area (Å²) in [5, 5.41) is 8.03. The predicted molar refractivity (Wildman–Crippen MR) is 99.8 cm³/mol. The van der Waals surface area contributed by atoms with E-state index < -0.39 is 5.56 Å². The van der Waals surface area contributed by atoms with Gasteiger partial charge in [0.2, 0.25) is 5.91 Å². The van der Waals surface area contributed by atoms with Crippen LogP contribution >= 0.6 is 0 Å². The summed E-state index contributed by atoms with van der Waals surface area (Å²) in [6, 6.07) is 5.22. The van der Waals surface area contributed by atoms with Crippen LogP contribution in [0.3, 0.4) is 0 Å². The van der Waals surface area contributed by atoms with Gasteiger partial charge in [0.15, 0.2) is 22.7 Å². The molecule has 10 nitrogen and oxygen atoms in total. The van der Waals surface area contributed by atoms with Crippen LogP contribution in [0, 0.1) is 0 Å². The Morgan fingerprint density at radius 1 is 1.14 bits per heavy atom. The van der Waals surface area contributed by atoms with E-state index in [1.54, 1.807) is 30.2 Å². The second-order valence-electron chi connectivity index (χ2n) is 6.48. The lowest BCUT2D eigenvalue weighted by atomic mass is 10.2. The van der Waals surface area contributed by atoms with Crippen LogP contribution in [-0.4, -0.2) is 62.7 Å². The Morgan fingerprint density at radius 2 is 1.89 bits per heavy atom. The van der Waals surface area contributed by atoms with Gasteiger partial charge in [-0.3, -0.25) is 14.2 Å². The van der Waals surface area contributed by atoms with Crippen LogP contribution in [0.4, 0.5) is 0 Å². The highest BCUT2D eigenvalue weighted by Crippen LogP contribution is 2.29. The molecule has 10 heteroatoms. The first-order valence-electron chi connectivity index (χ1n) is 8.93. The maximum Gasteiger partial charge on any atom is 0.284 e. The molecule has 2 aromatic heterocycles. The van der Waals surface area contributed by atoms with Crippen molar-refractivity contribution in [2.45, 2.75) is 19.4 Å². The highest BCUT2D eigenvalue weighted by atomic mass is 16.5. The van der Waals surface area contributed by atoms with Gasteiger partial charge in [0.1, 0.15) is 12.9 Å². The molecular weight excluding hydrogens is 364 g/mol. The third kappa shape index (κ3) is 3.06. The van der Waals surface area contributed by atoms with Crippen molar-refractivity contribution >= 4 is 17.1 Å². The fraction of sp³-hybridized carbons (Fsp3) is 0.389. The number of amides is 1. The highest BCUT2D eigenvalue weighted by molar-refractivity contribution is 5.77. The molecule has 1 aliphatic rings. The Bertz CT molecular complexity index is 1080. The fourth-order valence-corrected chi connectivity index (χ4v) is 3.30. The summed E-state index contributed by atoms with van der Waals surface area (Å²) in [7, 11) is 3.09. The summed E-state index contributed by atoms with van der Waals surface area (Å²) in [6.45, 7) is 1.42. The topological polar surface area (TPSA) is 104 Å². The molecule has 1 fully saturated rings. The van der Waals surface area contributed by atoms with Gasteiger partial charge in [-0.25, -0.2) is 4.98 Å². The number of nitrogens with zero attached hydrogens (tertiary/aromatic N) is 6. The van der Waals surface area contributed by atoms with E-state index in [0.717, 1.165) is 25.9 Å². The standard InChI is InChI=1S/C18H20N6O4/c1-27-13-6-5-12(9-14(13)28-2)24-17-16(20-21-24)18(26)23(11-19-17)10-15(25)22-7-3-4-8-22/h5-6,9,11H,3-4,7-8,10H2,1-2H3. The van der Waals surface area contributed by atoms with Gasteiger partial charge in [-0.05, 0) is 25.0 Å². The summed E-state index contributed by atoms with van der Waals surface area (Å²) in [5.41, 5.74) is 0.635. The van der Waals surface area contributed by atoms with Crippen molar-refractivity contribution in [3.63, 3.8) is 0 Å². The number of methoxy groups -OCH3 is 2. The van der Waals surface area contributed by atoms with Crippen molar-refractivity contribution in [2.75, 3.05) is 27.3 Å². The van der Waals surface area contributed by atoms with E-state index in [-0.39, 0.29) is 18.0 Å². The summed E-state index contributed by atoms with van der Waals surface area (Å²) < 4.78 is 13.3. The fourth-order valence-electron chi connectivity index (χ4n) is 3.30. The zero-order valence-electron chi connectivity index (χ0n) is 15.7. The number of hydrogen-bond acceptors (Lipinski definition) is 7. The second kappa shape index (κ2) is 7.29. The molecule has 146 valence electrons. The zero-order chi connectivity index (χ0) is 19.7. The van der Waals surface area contributed by atoms with Crippen molar-refractivity contribution in [3.05, 3.63) is 34.9 Å². The van der Waals surface area contributed by atoms with Gasteiger partial charge in [0.05, 0.1) is 19.9 Å². The van der Waals surface area contributed by atoms with Crippen LogP contribution in [0.2, 0.25) is 0 Å². The second-order valence-corrected chi connectivity index (χ2v) is 6.48. The third-order valence-electron chi connectivity index (χ3n) is 4.81. The van der Waals surface area contributed by atoms with Gasteiger partial charge in [0, 0.05) is 19.2 Å². The van der Waals surface area contributed by atoms with E-state index in [1.807, 2.05) is 0 Å². The lowest BCUT2D eigenvalue weighted by Gasteiger charge is -2.15. The van der Waals surface area contributed by atoms with E-state index in [2.05, 4.69) is 15.3 Å². The van der Waals surface area contributed by atoms with Gasteiger partial charge < -0.3 is 14.4 Å². The van der Waals surface area contributed by atoms with Crippen LogP contribution in [0.1, 0.15) is 12.8 Å². The van der Waals surface area contributed by atoms with E-state index in [4.69, 9.17) is 9.47 Å². The summed E-state index contributed by atoms with van der Waals surface area (Å²) >= 11 is 0. The maximum atomic E-state index is 12.7. The smallest absolute Gasteiger partial charge is 0.284 e. The van der Waals surface area contributed by atoms with Crippen molar-refractivity contribution in [1.29, 1.82) is 0 Å². The van der Waals surface area contributed by atoms with Crippen molar-refractivity contribution in [2.24, 2.45) is 0 Å². The van der Waals surface area contributed by atoms with Gasteiger partial charge in [-0.2, -0.15) is 4.68 Å². The number of benzene rings is 1. The number of ether oxygens (including phenoxy) is 2. The number of aromatic nitrogens is 5. The highest BCUT2D eigenvalue weighted by Gasteiger charge is 2.20. The van der Waals surface area contributed by atoms with Crippen molar-refractivity contribution in [1.82, 2.24) is 29.4 Å². The Hall–Kier alpha value is -3.43. The Morgan fingerprint density at radius 3 is 2.61 bits per heavy atom. The largest absolute Gasteiger partial charge is 0.493 e. The van der Waals surface area contributed by atoms with Gasteiger partial charge in [0.25, 0.3) is 5.56 Å². The Kier molecular flexibility index (Phi) is 4.68. The van der Waals surface area contributed by atoms with E-state index in [9.17, 15) is 9.59 Å². The molecule has 1 aliphatic heterocycles. The molecular formula is C18H20N6O4. The Labute approximate surface area is 160 Å². The van der Waals surface area contributed by atoms with Crippen molar-refractivity contribution in [3.8, 4) is 17.2 Å². The normalized spacial score (nSPS) is 13.9. The van der Waals surface area contributed by atoms with E-state index in [0.29, 0.717) is 22.8 Å². The number of carbonyl (C=O) groups excluding carboxylic acids is 1. The van der Waals surface area contributed by atoms with Crippen LogP contribution in [0.25, 0.3) is 16.9 Å². The molecule has 0 N–H and O–H groups in total. The minimum Gasteiger partial charge on any atom is -0.493 e. The van der Waals surface area contributed by atoms with Crippen LogP contribution in [0.5, 0.6) is 11.5 Å². The lowest BCUT2D eigenvalue weighted by molar-refractivity contribution is -0.130. The molecule has 4 rings (SSSR count). The summed E-state index contributed by atoms with van der Waals surface area (Å²) in [6.07, 6.45) is 3.36. The monoisotopic (exact) mass is 384 g/mol. The van der Waals surface area contributed by atoms with Gasteiger partial charge >= 0.3 is 0 Å². The average Bonchev–Trinajstić information content (AvgIpc) is 3.40. The molecule has 0 radical (unpaired) electrons. The van der Waals surface area contributed by atoms with Crippen LogP contribution < -0.4 is 15.0 Å². The molecule has 28 heavy (non-hydrogen) atoms. The first-order valence-corrected chi connectivity index (χ1v) is 8.93. The molecule has 0 unspecified atom stereocenters. The molecule has 0 saturated carbocycles. The molecule has 0 bridgehead atoms. The minimum atomic E-state index is -0.399. The number of carbonyl (C=O) groups is 1. The molecule has 1 aromatic carbocycles. The summed E-state index contributed by atoms with van der Waals surface area (Å²) in [5.74, 6) is 1.01. The molecule has 1 amide bonds. The first kappa shape index (κ1) is 18.0. The van der Waals surface area contributed by atoms with Crippen LogP contribution in [0.15, 0.2) is 29.3 Å². The third-order valence-corrected chi connectivity index (χ3v) is 4.81. The van der Waals surface area contributed by atoms with Gasteiger partial charge in [-0.15, -0.1) is 5.10 Å². The molecule has 0 atom stereocenters. The van der Waals surface area contributed by atoms with E-state index >= 15 is 0 Å². The molecule has 0 spiro atoms. The molecule has 1 saturated heterocycles. The van der Waals surface area contributed by atoms with E-state index in [1.165, 1.54) is 22.7 Å². The number of fused-ring (bicyclic) bond motifs is 1. The van der Waals surface area contributed by atoms with Crippen molar-refractivity contribution < 1.29 is 14.3 Å². The maximum absolute atomic E-state index is 12.7. The predicted octanol–water partition coefficient (Wildman–Crippen LogP) is 0.617. The molecule has 0 aliphatic carbocycles.